The number of amides is 2. The average molecular weight is 530 g/mol. The van der Waals surface area contributed by atoms with Crippen LogP contribution < -0.4 is 11.1 Å². The molecule has 3 aromatic rings. The minimum atomic E-state index is -1.72. The number of aromatic amines is 1. The number of anilines is 1. The second kappa shape index (κ2) is 10.9. The number of imidazole rings is 1. The summed E-state index contributed by atoms with van der Waals surface area (Å²) < 4.78 is 33.2. The van der Waals surface area contributed by atoms with Crippen molar-refractivity contribution in [3.8, 4) is 11.3 Å². The van der Waals surface area contributed by atoms with Gasteiger partial charge in [-0.25, -0.2) is 13.8 Å². The largest absolute Gasteiger partial charge is 0.368 e. The predicted molar refractivity (Wildman–Crippen MR) is 136 cm³/mol. The summed E-state index contributed by atoms with van der Waals surface area (Å²) in [7, 11) is 0. The fraction of sp³-hybridized carbons (Fsp3) is 0.500. The maximum absolute atomic E-state index is 14.4. The zero-order valence-electron chi connectivity index (χ0n) is 21.9. The molecular formula is C26H33F2N7O3. The van der Waals surface area contributed by atoms with Crippen LogP contribution in [0.1, 0.15) is 76.9 Å². The Labute approximate surface area is 219 Å². The second-order valence-corrected chi connectivity index (χ2v) is 10.2. The summed E-state index contributed by atoms with van der Waals surface area (Å²) in [6.45, 7) is 8.00. The quantitative estimate of drug-likeness (QED) is 0.379. The van der Waals surface area contributed by atoms with Gasteiger partial charge in [0.1, 0.15) is 23.0 Å². The molecule has 3 atom stereocenters. The van der Waals surface area contributed by atoms with Crippen LogP contribution in [0, 0.1) is 11.6 Å². The topological polar surface area (TPSA) is 143 Å². The Morgan fingerprint density at radius 2 is 2.05 bits per heavy atom. The minimum absolute atomic E-state index is 0.0183. The highest BCUT2D eigenvalue weighted by molar-refractivity contribution is 5.94. The number of primary amides is 1. The first kappa shape index (κ1) is 27.2. The number of likely N-dealkylation sites (tertiary alicyclic amines) is 1. The number of nitrogens with two attached hydrogens (primary N) is 1. The number of benzene rings is 1. The number of H-pyrrole nitrogens is 1. The van der Waals surface area contributed by atoms with Crippen LogP contribution in [0.2, 0.25) is 0 Å². The van der Waals surface area contributed by atoms with E-state index in [-0.39, 0.29) is 47.4 Å². The monoisotopic (exact) mass is 529 g/mol. The summed E-state index contributed by atoms with van der Waals surface area (Å²) >= 11 is 0. The first-order valence-electron chi connectivity index (χ1n) is 12.7. The normalized spacial score (nSPS) is 18.3. The van der Waals surface area contributed by atoms with E-state index in [4.69, 9.17) is 10.3 Å². The number of piperidine rings is 1. The Kier molecular flexibility index (Phi) is 7.79. The van der Waals surface area contributed by atoms with Crippen molar-refractivity contribution < 1.29 is 22.9 Å². The molecule has 4 rings (SSSR count). The predicted octanol–water partition coefficient (Wildman–Crippen LogP) is 4.09. The van der Waals surface area contributed by atoms with Crippen LogP contribution in [0.3, 0.4) is 0 Å². The van der Waals surface area contributed by atoms with E-state index >= 15 is 0 Å². The number of carbonyl (C=O) groups is 2. The van der Waals surface area contributed by atoms with Gasteiger partial charge in [-0.3, -0.25) is 9.59 Å². The average Bonchev–Trinajstić information content (AvgIpc) is 3.53. The van der Waals surface area contributed by atoms with E-state index in [1.54, 1.807) is 11.8 Å². The maximum Gasteiger partial charge on any atom is 0.322 e. The minimum Gasteiger partial charge on any atom is -0.368 e. The van der Waals surface area contributed by atoms with Gasteiger partial charge in [-0.05, 0) is 38.3 Å². The van der Waals surface area contributed by atoms with Crippen LogP contribution in [-0.2, 0) is 9.59 Å². The highest BCUT2D eigenvalue weighted by atomic mass is 19.1. The Morgan fingerprint density at radius 3 is 2.68 bits per heavy atom. The molecule has 1 fully saturated rings. The lowest BCUT2D eigenvalue weighted by Gasteiger charge is -2.39. The molecule has 38 heavy (non-hydrogen) atoms. The Balaban J connectivity index is 1.73. The van der Waals surface area contributed by atoms with Gasteiger partial charge < -0.3 is 25.5 Å². The van der Waals surface area contributed by atoms with Crippen molar-refractivity contribution in [3.63, 3.8) is 0 Å². The number of aromatic nitrogens is 4. The molecule has 4 N–H and O–H groups in total. The van der Waals surface area contributed by atoms with Gasteiger partial charge in [-0.1, -0.05) is 25.9 Å². The third-order valence-corrected chi connectivity index (χ3v) is 7.25. The highest BCUT2D eigenvalue weighted by Crippen LogP contribution is 2.36. The summed E-state index contributed by atoms with van der Waals surface area (Å²) in [4.78, 5) is 40.2. The molecule has 12 heteroatoms. The Bertz CT molecular complexity index is 1310. The molecule has 1 aromatic carbocycles. The van der Waals surface area contributed by atoms with Crippen molar-refractivity contribution in [1.29, 1.82) is 0 Å². The molecule has 0 radical (unpaired) electrons. The number of nitrogens with zero attached hydrogens (tertiary/aromatic N) is 4. The van der Waals surface area contributed by atoms with E-state index in [0.717, 1.165) is 31.4 Å². The lowest BCUT2D eigenvalue weighted by Crippen LogP contribution is -2.58. The van der Waals surface area contributed by atoms with Gasteiger partial charge in [-0.15, -0.1) is 0 Å². The third-order valence-electron chi connectivity index (χ3n) is 7.25. The van der Waals surface area contributed by atoms with Gasteiger partial charge in [0, 0.05) is 36.1 Å². The molecule has 1 aliphatic heterocycles. The van der Waals surface area contributed by atoms with Crippen molar-refractivity contribution in [2.75, 3.05) is 11.9 Å². The van der Waals surface area contributed by atoms with E-state index in [9.17, 15) is 18.4 Å². The highest BCUT2D eigenvalue weighted by Gasteiger charge is 2.48. The number of carbonyl (C=O) groups excluding carboxylic acids is 2. The smallest absolute Gasteiger partial charge is 0.322 e. The van der Waals surface area contributed by atoms with Gasteiger partial charge in [0.15, 0.2) is 5.82 Å². The first-order chi connectivity index (χ1) is 18.0. The van der Waals surface area contributed by atoms with Gasteiger partial charge >= 0.3 is 6.01 Å². The summed E-state index contributed by atoms with van der Waals surface area (Å²) in [5.74, 6) is -2.73. The lowest BCUT2D eigenvalue weighted by molar-refractivity contribution is -0.139. The molecular weight excluding hydrogens is 496 g/mol. The van der Waals surface area contributed by atoms with Crippen LogP contribution in [0.5, 0.6) is 0 Å². The number of hydrogen-bond acceptors (Lipinski definition) is 7. The second-order valence-electron chi connectivity index (χ2n) is 10.2. The molecule has 204 valence electrons. The Hall–Kier alpha value is -3.83. The molecule has 0 bridgehead atoms. The van der Waals surface area contributed by atoms with Gasteiger partial charge in [0.25, 0.3) is 0 Å². The SMILES string of the molecule is CC(C)c1noc(NC(CC(=O)N2CCCC[C@@H]2C)(C(N)=O)[C@H](C)c2ncc(-c3ccc(F)cc3F)[nH]2)n1. The van der Waals surface area contributed by atoms with Crippen molar-refractivity contribution in [1.82, 2.24) is 25.0 Å². The molecule has 1 unspecified atom stereocenters. The molecule has 3 heterocycles. The van der Waals surface area contributed by atoms with Crippen molar-refractivity contribution >= 4 is 17.8 Å². The Morgan fingerprint density at radius 1 is 1.29 bits per heavy atom. The zero-order chi connectivity index (χ0) is 27.6. The van der Waals surface area contributed by atoms with Crippen molar-refractivity contribution in [3.05, 3.63) is 47.7 Å². The summed E-state index contributed by atoms with van der Waals surface area (Å²) in [6, 6.07) is 3.16. The number of hydrogen-bond donors (Lipinski definition) is 3. The molecule has 2 amide bonds. The third kappa shape index (κ3) is 5.39. The first-order valence-corrected chi connectivity index (χ1v) is 12.7. The van der Waals surface area contributed by atoms with Crippen LogP contribution in [0.15, 0.2) is 28.9 Å². The van der Waals surface area contributed by atoms with E-state index in [0.29, 0.717) is 12.4 Å². The van der Waals surface area contributed by atoms with Crippen LogP contribution >= 0.6 is 0 Å². The number of halogens is 2. The van der Waals surface area contributed by atoms with E-state index in [1.165, 1.54) is 12.3 Å². The number of nitrogens with one attached hydrogen (secondary N) is 2. The molecule has 1 aliphatic rings. The number of rotatable bonds is 9. The zero-order valence-corrected chi connectivity index (χ0v) is 21.9. The van der Waals surface area contributed by atoms with E-state index < -0.39 is 29.0 Å². The molecule has 10 nitrogen and oxygen atoms in total. The summed E-state index contributed by atoms with van der Waals surface area (Å²) in [6.07, 6.45) is 3.84. The van der Waals surface area contributed by atoms with Gasteiger partial charge in [0.2, 0.25) is 11.8 Å². The molecule has 0 spiro atoms. The van der Waals surface area contributed by atoms with Crippen LogP contribution in [0.25, 0.3) is 11.3 Å². The fourth-order valence-electron chi connectivity index (χ4n) is 4.82. The molecule has 2 aromatic heterocycles. The van der Waals surface area contributed by atoms with Gasteiger partial charge in [0.05, 0.1) is 18.3 Å². The van der Waals surface area contributed by atoms with Crippen LogP contribution in [0.4, 0.5) is 14.8 Å². The van der Waals surface area contributed by atoms with E-state index in [1.807, 2.05) is 20.8 Å². The standard InChI is InChI=1S/C26H33F2N7O3/c1-14(2)22-32-25(38-34-22)33-26(24(29)37,12-21(36)35-10-6-5-7-15(35)3)16(4)23-30-13-20(31-23)18-9-8-17(27)11-19(18)28/h8-9,11,13-16H,5-7,10,12H2,1-4H3,(H2,29,37)(H,30,31)(H,32,33,34)/t15-,16+,26?/m0/s1. The summed E-state index contributed by atoms with van der Waals surface area (Å²) in [5.41, 5.74) is 4.65. The van der Waals surface area contributed by atoms with Crippen molar-refractivity contribution in [2.24, 2.45) is 5.73 Å². The fourth-order valence-corrected chi connectivity index (χ4v) is 4.82. The van der Waals surface area contributed by atoms with Crippen LogP contribution in [-0.4, -0.2) is 54.9 Å². The van der Waals surface area contributed by atoms with E-state index in [2.05, 4.69) is 25.4 Å². The molecule has 0 aliphatic carbocycles. The molecule has 1 saturated heterocycles. The molecule has 0 saturated carbocycles. The van der Waals surface area contributed by atoms with Crippen molar-refractivity contribution in [2.45, 2.75) is 76.8 Å². The maximum atomic E-state index is 14.4. The summed E-state index contributed by atoms with van der Waals surface area (Å²) in [5, 5.41) is 6.91. The van der Waals surface area contributed by atoms with Gasteiger partial charge in [-0.2, -0.15) is 4.98 Å². The lowest BCUT2D eigenvalue weighted by atomic mass is 9.80.